The third-order valence-electron chi connectivity index (χ3n) is 4.58. The second-order valence-electron chi connectivity index (χ2n) is 7.23. The Morgan fingerprint density at radius 2 is 1.85 bits per heavy atom. The lowest BCUT2D eigenvalue weighted by Crippen LogP contribution is -2.53. The molecule has 0 bridgehead atoms. The summed E-state index contributed by atoms with van der Waals surface area (Å²) in [6.07, 6.45) is 0. The summed E-state index contributed by atoms with van der Waals surface area (Å²) in [5.41, 5.74) is 0.311. The summed E-state index contributed by atoms with van der Waals surface area (Å²) < 4.78 is 42.3. The number of benzene rings is 2. The van der Waals surface area contributed by atoms with E-state index in [1.54, 1.807) is 17.9 Å². The van der Waals surface area contributed by atoms with Gasteiger partial charge in [0.15, 0.2) is 11.6 Å². The summed E-state index contributed by atoms with van der Waals surface area (Å²) >= 11 is 0. The van der Waals surface area contributed by atoms with E-state index in [2.05, 4.69) is 5.32 Å². The lowest BCUT2D eigenvalue weighted by Gasteiger charge is -2.40. The molecule has 0 aliphatic carbocycles. The molecule has 2 aromatic carbocycles. The first-order chi connectivity index (χ1) is 12.8. The van der Waals surface area contributed by atoms with Crippen LogP contribution >= 0.6 is 0 Å². The van der Waals surface area contributed by atoms with Crippen molar-refractivity contribution in [2.75, 3.05) is 39.0 Å². The van der Waals surface area contributed by atoms with Crippen molar-refractivity contribution in [2.24, 2.45) is 5.92 Å². The zero-order chi connectivity index (χ0) is 19.7. The highest BCUT2D eigenvalue weighted by molar-refractivity contribution is 6.01. The fraction of sp³-hybridized carbons (Fsp3) is 0.350. The van der Waals surface area contributed by atoms with Crippen LogP contribution in [0.25, 0.3) is 0 Å². The number of halogens is 3. The Balaban J connectivity index is 1.86. The Morgan fingerprint density at radius 3 is 2.48 bits per heavy atom. The van der Waals surface area contributed by atoms with E-state index in [1.165, 1.54) is 18.2 Å². The molecule has 0 atom stereocenters. The molecule has 1 amide bonds. The van der Waals surface area contributed by atoms with Crippen LogP contribution in [0.5, 0.6) is 0 Å². The number of anilines is 2. The predicted molar refractivity (Wildman–Crippen MR) is 98.7 cm³/mol. The lowest BCUT2D eigenvalue weighted by molar-refractivity contribution is 0.0451. The van der Waals surface area contributed by atoms with Gasteiger partial charge in [0.2, 0.25) is 0 Å². The van der Waals surface area contributed by atoms with Crippen LogP contribution in [0.4, 0.5) is 24.5 Å². The largest absolute Gasteiger partial charge is 0.350 e. The summed E-state index contributed by atoms with van der Waals surface area (Å²) in [5.74, 6) is -2.96. The van der Waals surface area contributed by atoms with Crippen LogP contribution in [0.2, 0.25) is 0 Å². The second kappa shape index (κ2) is 7.60. The standard InChI is InChI=1S/C20H22F3N3O/c1-12-4-7-17(16(22)8-12)24-19-14(5-6-15(21)18(19)23)20(27)26-10-13(11-26)9-25(2)3/h4-8,13,24H,9-11H2,1-3H3. The smallest absolute Gasteiger partial charge is 0.256 e. The van der Waals surface area contributed by atoms with Gasteiger partial charge in [-0.15, -0.1) is 0 Å². The highest BCUT2D eigenvalue weighted by atomic mass is 19.2. The van der Waals surface area contributed by atoms with Crippen molar-refractivity contribution in [3.05, 3.63) is 58.9 Å². The first-order valence-corrected chi connectivity index (χ1v) is 8.71. The maximum absolute atomic E-state index is 14.4. The molecule has 0 radical (unpaired) electrons. The predicted octanol–water partition coefficient (Wildman–Crippen LogP) is 3.79. The van der Waals surface area contributed by atoms with Gasteiger partial charge >= 0.3 is 0 Å². The van der Waals surface area contributed by atoms with Crippen molar-refractivity contribution < 1.29 is 18.0 Å². The van der Waals surface area contributed by atoms with E-state index in [4.69, 9.17) is 0 Å². The van der Waals surface area contributed by atoms with Gasteiger partial charge in [-0.1, -0.05) is 6.07 Å². The number of rotatable bonds is 5. The summed E-state index contributed by atoms with van der Waals surface area (Å²) in [5, 5.41) is 2.56. The van der Waals surface area contributed by atoms with Crippen LogP contribution in [0.15, 0.2) is 30.3 Å². The lowest BCUT2D eigenvalue weighted by atomic mass is 9.98. The maximum Gasteiger partial charge on any atom is 0.256 e. The van der Waals surface area contributed by atoms with E-state index in [0.717, 1.165) is 12.6 Å². The molecular weight excluding hydrogens is 355 g/mol. The zero-order valence-corrected chi connectivity index (χ0v) is 15.5. The maximum atomic E-state index is 14.4. The summed E-state index contributed by atoms with van der Waals surface area (Å²) in [6.45, 7) is 3.67. The highest BCUT2D eigenvalue weighted by Crippen LogP contribution is 2.30. The first-order valence-electron chi connectivity index (χ1n) is 8.71. The number of aryl methyl sites for hydroxylation is 1. The number of nitrogens with one attached hydrogen (secondary N) is 1. The minimum Gasteiger partial charge on any atom is -0.350 e. The Hall–Kier alpha value is -2.54. The van der Waals surface area contributed by atoms with E-state index < -0.39 is 23.4 Å². The highest BCUT2D eigenvalue weighted by Gasteiger charge is 2.33. The second-order valence-corrected chi connectivity index (χ2v) is 7.23. The molecule has 2 aromatic rings. The summed E-state index contributed by atoms with van der Waals surface area (Å²) in [7, 11) is 3.91. The van der Waals surface area contributed by atoms with Crippen LogP contribution < -0.4 is 5.32 Å². The van der Waals surface area contributed by atoms with E-state index in [1.807, 2.05) is 19.0 Å². The molecule has 27 heavy (non-hydrogen) atoms. The molecule has 3 rings (SSSR count). The van der Waals surface area contributed by atoms with Crippen LogP contribution in [-0.2, 0) is 0 Å². The monoisotopic (exact) mass is 377 g/mol. The number of likely N-dealkylation sites (tertiary alicyclic amines) is 1. The Morgan fingerprint density at radius 1 is 1.15 bits per heavy atom. The van der Waals surface area contributed by atoms with E-state index in [0.29, 0.717) is 24.6 Å². The molecule has 0 saturated carbocycles. The average molecular weight is 377 g/mol. The van der Waals surface area contributed by atoms with Gasteiger partial charge in [-0.2, -0.15) is 0 Å². The average Bonchev–Trinajstić information content (AvgIpc) is 2.56. The normalized spacial score (nSPS) is 14.4. The minimum absolute atomic E-state index is 0.0165. The first kappa shape index (κ1) is 19.2. The number of amides is 1. The van der Waals surface area contributed by atoms with Crippen molar-refractivity contribution in [1.29, 1.82) is 0 Å². The molecule has 4 nitrogen and oxygen atoms in total. The van der Waals surface area contributed by atoms with Crippen molar-refractivity contribution in [3.63, 3.8) is 0 Å². The number of nitrogens with zero attached hydrogens (tertiary/aromatic N) is 2. The Bertz CT molecular complexity index is 864. The summed E-state index contributed by atoms with van der Waals surface area (Å²) in [6, 6.07) is 6.50. The molecule has 1 aliphatic heterocycles. The Labute approximate surface area is 156 Å². The topological polar surface area (TPSA) is 35.6 Å². The van der Waals surface area contributed by atoms with Gasteiger partial charge in [0.05, 0.1) is 16.9 Å². The van der Waals surface area contributed by atoms with Gasteiger partial charge in [0, 0.05) is 25.6 Å². The fourth-order valence-corrected chi connectivity index (χ4v) is 3.25. The Kier molecular flexibility index (Phi) is 5.41. The minimum atomic E-state index is -1.20. The van der Waals surface area contributed by atoms with Crippen molar-refractivity contribution >= 4 is 17.3 Å². The number of carbonyl (C=O) groups is 1. The molecule has 0 spiro atoms. The van der Waals surface area contributed by atoms with Crippen LogP contribution in [0.3, 0.4) is 0 Å². The van der Waals surface area contributed by atoms with Gasteiger partial charge in [0.1, 0.15) is 5.82 Å². The van der Waals surface area contributed by atoms with E-state index >= 15 is 0 Å². The zero-order valence-electron chi connectivity index (χ0n) is 15.5. The fourth-order valence-electron chi connectivity index (χ4n) is 3.25. The SMILES string of the molecule is Cc1ccc(Nc2c(C(=O)N3CC(CN(C)C)C3)ccc(F)c2F)c(F)c1. The van der Waals surface area contributed by atoms with Gasteiger partial charge in [-0.25, -0.2) is 13.2 Å². The molecule has 1 heterocycles. The molecule has 1 saturated heterocycles. The van der Waals surface area contributed by atoms with E-state index in [-0.39, 0.29) is 16.9 Å². The molecule has 1 N–H and O–H groups in total. The number of hydrogen-bond donors (Lipinski definition) is 1. The van der Waals surface area contributed by atoms with Gasteiger partial charge in [-0.05, 0) is 50.8 Å². The van der Waals surface area contributed by atoms with Crippen LogP contribution in [-0.4, -0.2) is 49.4 Å². The van der Waals surface area contributed by atoms with Crippen molar-refractivity contribution in [3.8, 4) is 0 Å². The van der Waals surface area contributed by atoms with E-state index in [9.17, 15) is 18.0 Å². The molecule has 1 aliphatic rings. The molecule has 1 fully saturated rings. The van der Waals surface area contributed by atoms with Crippen LogP contribution in [0, 0.1) is 30.3 Å². The van der Waals surface area contributed by atoms with Gasteiger partial charge in [-0.3, -0.25) is 4.79 Å². The van der Waals surface area contributed by atoms with Crippen molar-refractivity contribution in [1.82, 2.24) is 9.80 Å². The number of carbonyl (C=O) groups excluding carboxylic acids is 1. The third-order valence-corrected chi connectivity index (χ3v) is 4.58. The molecule has 7 heteroatoms. The van der Waals surface area contributed by atoms with Crippen LogP contribution in [0.1, 0.15) is 15.9 Å². The van der Waals surface area contributed by atoms with Gasteiger partial charge in [0.25, 0.3) is 5.91 Å². The van der Waals surface area contributed by atoms with Gasteiger partial charge < -0.3 is 15.1 Å². The quantitative estimate of drug-likeness (QED) is 0.861. The molecule has 0 unspecified atom stereocenters. The molecule has 144 valence electrons. The summed E-state index contributed by atoms with van der Waals surface area (Å²) in [4.78, 5) is 16.4. The number of hydrogen-bond acceptors (Lipinski definition) is 3. The van der Waals surface area contributed by atoms with Crippen molar-refractivity contribution in [2.45, 2.75) is 6.92 Å². The molecule has 0 aromatic heterocycles. The third kappa shape index (κ3) is 4.08. The molecular formula is C20H22F3N3O.